The van der Waals surface area contributed by atoms with E-state index >= 15 is 0 Å². The Hall–Kier alpha value is -0.950. The predicted molar refractivity (Wildman–Crippen MR) is 71.5 cm³/mol. The summed E-state index contributed by atoms with van der Waals surface area (Å²) in [6, 6.07) is 3.24. The largest absolute Gasteiger partial charge is 0.379 e. The topological polar surface area (TPSA) is 67.6 Å². The number of carbonyl (C=O) groups excluding carboxylic acids is 1. The number of ether oxygens (including phenoxy) is 1. The predicted octanol–water partition coefficient (Wildman–Crippen LogP) is 0.196. The van der Waals surface area contributed by atoms with E-state index in [0.29, 0.717) is 6.54 Å². The van der Waals surface area contributed by atoms with Gasteiger partial charge >= 0.3 is 0 Å². The second kappa shape index (κ2) is 6.84. The van der Waals surface area contributed by atoms with Crippen molar-refractivity contribution in [1.29, 1.82) is 0 Å². The number of rotatable bonds is 5. The average molecular weight is 269 g/mol. The molecule has 1 unspecified atom stereocenters. The molecule has 3 N–H and O–H groups in total. The molecule has 1 fully saturated rings. The Kier molecular flexibility index (Phi) is 5.12. The third kappa shape index (κ3) is 3.78. The van der Waals surface area contributed by atoms with Crippen molar-refractivity contribution < 1.29 is 9.53 Å². The number of amides is 1. The molecule has 2 rings (SSSR count). The number of nitrogens with one attached hydrogen (secondary N) is 1. The van der Waals surface area contributed by atoms with E-state index in [2.05, 4.69) is 10.2 Å². The number of nitrogens with zero attached hydrogens (tertiary/aromatic N) is 1. The molecule has 1 amide bonds. The van der Waals surface area contributed by atoms with E-state index in [1.807, 2.05) is 17.5 Å². The van der Waals surface area contributed by atoms with E-state index in [1.165, 1.54) is 11.3 Å². The van der Waals surface area contributed by atoms with Gasteiger partial charge in [-0.15, -0.1) is 11.3 Å². The summed E-state index contributed by atoms with van der Waals surface area (Å²) in [6.07, 6.45) is 0. The summed E-state index contributed by atoms with van der Waals surface area (Å²) in [5.41, 5.74) is 5.87. The number of morpholine rings is 1. The standard InChI is InChI=1S/C12H19N3O2S/c13-11(10-2-1-9-18-10)12(16)14-3-4-15-5-7-17-8-6-15/h1-2,9,11H,3-8,13H2,(H,14,16). The number of hydrogen-bond donors (Lipinski definition) is 2. The van der Waals surface area contributed by atoms with Crippen molar-refractivity contribution in [1.82, 2.24) is 10.2 Å². The Bertz CT molecular complexity index is 363. The zero-order valence-electron chi connectivity index (χ0n) is 10.3. The molecular formula is C12H19N3O2S. The first-order valence-electron chi connectivity index (χ1n) is 6.14. The molecule has 5 nitrogen and oxygen atoms in total. The van der Waals surface area contributed by atoms with Gasteiger partial charge in [-0.2, -0.15) is 0 Å². The van der Waals surface area contributed by atoms with Gasteiger partial charge in [0.2, 0.25) is 5.91 Å². The van der Waals surface area contributed by atoms with Crippen molar-refractivity contribution in [3.8, 4) is 0 Å². The molecule has 0 aliphatic carbocycles. The molecule has 1 aromatic heterocycles. The third-order valence-corrected chi connectivity index (χ3v) is 3.92. The number of nitrogens with two attached hydrogens (primary N) is 1. The van der Waals surface area contributed by atoms with E-state index in [9.17, 15) is 4.79 Å². The lowest BCUT2D eigenvalue weighted by Gasteiger charge is -2.26. The lowest BCUT2D eigenvalue weighted by Crippen LogP contribution is -2.43. The Balaban J connectivity index is 1.68. The number of hydrogen-bond acceptors (Lipinski definition) is 5. The summed E-state index contributed by atoms with van der Waals surface area (Å²) in [7, 11) is 0. The summed E-state index contributed by atoms with van der Waals surface area (Å²) >= 11 is 1.51. The van der Waals surface area contributed by atoms with Gasteiger partial charge in [-0.3, -0.25) is 9.69 Å². The maximum Gasteiger partial charge on any atom is 0.242 e. The molecule has 0 radical (unpaired) electrons. The minimum absolute atomic E-state index is 0.106. The summed E-state index contributed by atoms with van der Waals surface area (Å²) in [5, 5.41) is 4.81. The van der Waals surface area contributed by atoms with Crippen molar-refractivity contribution in [2.24, 2.45) is 5.73 Å². The number of carbonyl (C=O) groups is 1. The average Bonchev–Trinajstić information content (AvgIpc) is 2.93. The fraction of sp³-hybridized carbons (Fsp3) is 0.583. The Morgan fingerprint density at radius 3 is 3.00 bits per heavy atom. The number of thiophene rings is 1. The molecule has 100 valence electrons. The minimum Gasteiger partial charge on any atom is -0.379 e. The second-order valence-electron chi connectivity index (χ2n) is 4.24. The summed E-state index contributed by atoms with van der Waals surface area (Å²) < 4.78 is 5.27. The van der Waals surface area contributed by atoms with Crippen LogP contribution in [0.5, 0.6) is 0 Å². The molecule has 0 spiro atoms. The molecule has 6 heteroatoms. The van der Waals surface area contributed by atoms with E-state index in [0.717, 1.165) is 37.7 Å². The van der Waals surface area contributed by atoms with Gasteiger partial charge in [-0.1, -0.05) is 6.07 Å². The van der Waals surface area contributed by atoms with Gasteiger partial charge in [-0.25, -0.2) is 0 Å². The lowest BCUT2D eigenvalue weighted by molar-refractivity contribution is -0.122. The highest BCUT2D eigenvalue weighted by Gasteiger charge is 2.16. The Labute approximate surface area is 111 Å². The van der Waals surface area contributed by atoms with E-state index in [4.69, 9.17) is 10.5 Å². The third-order valence-electron chi connectivity index (χ3n) is 2.96. The SMILES string of the molecule is NC(C(=O)NCCN1CCOCC1)c1cccs1. The molecule has 1 atom stereocenters. The molecule has 1 saturated heterocycles. The van der Waals surface area contributed by atoms with Crippen LogP contribution in [-0.2, 0) is 9.53 Å². The first kappa shape index (κ1) is 13.5. The second-order valence-corrected chi connectivity index (χ2v) is 5.22. The van der Waals surface area contributed by atoms with Gasteiger partial charge in [0.1, 0.15) is 6.04 Å². The molecule has 1 aliphatic rings. The normalized spacial score (nSPS) is 18.5. The van der Waals surface area contributed by atoms with Crippen LogP contribution in [0.3, 0.4) is 0 Å². The van der Waals surface area contributed by atoms with Crippen LogP contribution < -0.4 is 11.1 Å². The van der Waals surface area contributed by atoms with Gasteiger partial charge in [0.05, 0.1) is 13.2 Å². The smallest absolute Gasteiger partial charge is 0.242 e. The molecule has 0 saturated carbocycles. The molecule has 1 aliphatic heterocycles. The molecule has 1 aromatic rings. The van der Waals surface area contributed by atoms with Crippen LogP contribution in [0.15, 0.2) is 17.5 Å². The monoisotopic (exact) mass is 269 g/mol. The van der Waals surface area contributed by atoms with Crippen molar-refractivity contribution in [2.45, 2.75) is 6.04 Å². The summed E-state index contributed by atoms with van der Waals surface area (Å²) in [5.74, 6) is -0.106. The van der Waals surface area contributed by atoms with Crippen molar-refractivity contribution in [3.05, 3.63) is 22.4 Å². The van der Waals surface area contributed by atoms with E-state index in [-0.39, 0.29) is 5.91 Å². The van der Waals surface area contributed by atoms with Crippen LogP contribution in [0, 0.1) is 0 Å². The molecule has 2 heterocycles. The van der Waals surface area contributed by atoms with Crippen molar-refractivity contribution in [3.63, 3.8) is 0 Å². The molecule has 0 aromatic carbocycles. The van der Waals surface area contributed by atoms with Crippen LogP contribution in [0.25, 0.3) is 0 Å². The van der Waals surface area contributed by atoms with Crippen LogP contribution in [-0.4, -0.2) is 50.2 Å². The van der Waals surface area contributed by atoms with E-state index < -0.39 is 6.04 Å². The van der Waals surface area contributed by atoms with Gasteiger partial charge in [0.15, 0.2) is 0 Å². The zero-order valence-corrected chi connectivity index (χ0v) is 11.1. The maximum absolute atomic E-state index is 11.8. The van der Waals surface area contributed by atoms with E-state index in [1.54, 1.807) is 0 Å². The van der Waals surface area contributed by atoms with Crippen LogP contribution in [0.1, 0.15) is 10.9 Å². The van der Waals surface area contributed by atoms with Gasteiger partial charge < -0.3 is 15.8 Å². The van der Waals surface area contributed by atoms with Gasteiger partial charge in [0, 0.05) is 31.1 Å². The first-order valence-corrected chi connectivity index (χ1v) is 7.02. The molecule has 18 heavy (non-hydrogen) atoms. The minimum atomic E-state index is -0.547. The fourth-order valence-corrected chi connectivity index (χ4v) is 2.59. The summed E-state index contributed by atoms with van der Waals surface area (Å²) in [6.45, 7) is 4.93. The Morgan fingerprint density at radius 1 is 1.56 bits per heavy atom. The van der Waals surface area contributed by atoms with Gasteiger partial charge in [-0.05, 0) is 11.4 Å². The summed E-state index contributed by atoms with van der Waals surface area (Å²) in [4.78, 5) is 15.0. The van der Waals surface area contributed by atoms with Crippen molar-refractivity contribution >= 4 is 17.2 Å². The molecular weight excluding hydrogens is 250 g/mol. The molecule has 0 bridgehead atoms. The lowest BCUT2D eigenvalue weighted by atomic mass is 10.2. The highest BCUT2D eigenvalue weighted by Crippen LogP contribution is 2.16. The highest BCUT2D eigenvalue weighted by atomic mass is 32.1. The Morgan fingerprint density at radius 2 is 2.33 bits per heavy atom. The van der Waals surface area contributed by atoms with Crippen LogP contribution >= 0.6 is 11.3 Å². The van der Waals surface area contributed by atoms with Crippen LogP contribution in [0.2, 0.25) is 0 Å². The maximum atomic E-state index is 11.8. The quantitative estimate of drug-likeness (QED) is 0.801. The highest BCUT2D eigenvalue weighted by molar-refractivity contribution is 7.10. The first-order chi connectivity index (χ1) is 8.77. The van der Waals surface area contributed by atoms with Crippen LogP contribution in [0.4, 0.5) is 0 Å². The van der Waals surface area contributed by atoms with Gasteiger partial charge in [0.25, 0.3) is 0 Å². The zero-order chi connectivity index (χ0) is 12.8. The fourth-order valence-electron chi connectivity index (χ4n) is 1.87. The van der Waals surface area contributed by atoms with Crippen molar-refractivity contribution in [2.75, 3.05) is 39.4 Å².